The maximum absolute atomic E-state index is 12.4. The van der Waals surface area contributed by atoms with Crippen molar-refractivity contribution in [3.8, 4) is 0 Å². The summed E-state index contributed by atoms with van der Waals surface area (Å²) in [4.78, 5) is 10.1. The van der Waals surface area contributed by atoms with Crippen molar-refractivity contribution in [2.24, 2.45) is 5.92 Å². The van der Waals surface area contributed by atoms with E-state index in [4.69, 9.17) is 0 Å². The van der Waals surface area contributed by atoms with Crippen LogP contribution in [0, 0.1) is 5.92 Å². The lowest BCUT2D eigenvalue weighted by molar-refractivity contribution is -0.188. The number of carbonyl (C=O) groups excluding carboxylic acids is 1. The Kier molecular flexibility index (Phi) is 3.17. The average molecular weight is 195 g/mol. The molecule has 1 saturated carbocycles. The van der Waals surface area contributed by atoms with Crippen LogP contribution >= 0.6 is 0 Å². The molecule has 0 bridgehead atoms. The summed E-state index contributed by atoms with van der Waals surface area (Å²) < 4.78 is 37.1. The summed E-state index contributed by atoms with van der Waals surface area (Å²) in [5.74, 6) is -1.36. The molecule has 1 aliphatic carbocycles. The molecule has 1 aliphatic rings. The van der Waals surface area contributed by atoms with Crippen LogP contribution < -0.4 is 5.32 Å². The Morgan fingerprint density at radius 1 is 1.23 bits per heavy atom. The van der Waals surface area contributed by atoms with Gasteiger partial charge >= 0.3 is 6.18 Å². The Bertz CT molecular complexity index is 181. The van der Waals surface area contributed by atoms with Crippen LogP contribution in [0.2, 0.25) is 0 Å². The molecular formula is C8H12F3NO. The second kappa shape index (κ2) is 3.98. The molecule has 1 N–H and O–H groups in total. The molecule has 1 fully saturated rings. The third-order valence-corrected chi connectivity index (χ3v) is 2.47. The maximum Gasteiger partial charge on any atom is 0.393 e. The Hall–Kier alpha value is -0.740. The van der Waals surface area contributed by atoms with Crippen molar-refractivity contribution in [2.75, 3.05) is 0 Å². The molecule has 2 atom stereocenters. The van der Waals surface area contributed by atoms with E-state index in [9.17, 15) is 18.0 Å². The van der Waals surface area contributed by atoms with Crippen molar-refractivity contribution in [3.63, 3.8) is 0 Å². The normalized spacial score (nSPS) is 29.8. The zero-order valence-corrected chi connectivity index (χ0v) is 7.10. The maximum atomic E-state index is 12.4. The van der Waals surface area contributed by atoms with Crippen molar-refractivity contribution >= 4 is 6.41 Å². The van der Waals surface area contributed by atoms with E-state index in [2.05, 4.69) is 5.32 Å². The Morgan fingerprint density at radius 2 is 1.85 bits per heavy atom. The largest absolute Gasteiger partial charge is 0.393 e. The van der Waals surface area contributed by atoms with Crippen LogP contribution in [0.25, 0.3) is 0 Å². The van der Waals surface area contributed by atoms with Crippen LogP contribution in [0.3, 0.4) is 0 Å². The molecule has 1 rings (SSSR count). The van der Waals surface area contributed by atoms with E-state index in [0.29, 0.717) is 19.3 Å². The van der Waals surface area contributed by atoms with Crippen molar-refractivity contribution in [3.05, 3.63) is 0 Å². The molecule has 0 aromatic heterocycles. The predicted molar refractivity (Wildman–Crippen MR) is 41.0 cm³/mol. The Labute approximate surface area is 74.5 Å². The third kappa shape index (κ3) is 2.60. The van der Waals surface area contributed by atoms with Gasteiger partial charge in [-0.3, -0.25) is 4.79 Å². The number of hydrogen-bond donors (Lipinski definition) is 1. The summed E-state index contributed by atoms with van der Waals surface area (Å²) in [5, 5.41) is 2.24. The first kappa shape index (κ1) is 10.3. The molecule has 13 heavy (non-hydrogen) atoms. The Morgan fingerprint density at radius 3 is 2.38 bits per heavy atom. The van der Waals surface area contributed by atoms with Crippen LogP contribution in [-0.4, -0.2) is 18.6 Å². The van der Waals surface area contributed by atoms with Crippen LogP contribution in [0.4, 0.5) is 13.2 Å². The fraction of sp³-hybridized carbons (Fsp3) is 0.875. The lowest BCUT2D eigenvalue weighted by Gasteiger charge is -2.32. The summed E-state index contributed by atoms with van der Waals surface area (Å²) in [7, 11) is 0. The van der Waals surface area contributed by atoms with E-state index >= 15 is 0 Å². The van der Waals surface area contributed by atoms with Crippen molar-refractivity contribution < 1.29 is 18.0 Å². The molecule has 1 amide bonds. The predicted octanol–water partition coefficient (Wildman–Crippen LogP) is 1.85. The van der Waals surface area contributed by atoms with Crippen LogP contribution in [0.1, 0.15) is 25.7 Å². The number of alkyl halides is 3. The van der Waals surface area contributed by atoms with Gasteiger partial charge in [0.25, 0.3) is 0 Å². The summed E-state index contributed by atoms with van der Waals surface area (Å²) in [6.45, 7) is 0. The molecule has 0 heterocycles. The molecule has 0 aromatic carbocycles. The van der Waals surface area contributed by atoms with Gasteiger partial charge in [-0.25, -0.2) is 0 Å². The van der Waals surface area contributed by atoms with Gasteiger partial charge in [0.2, 0.25) is 6.41 Å². The van der Waals surface area contributed by atoms with Crippen LogP contribution in [-0.2, 0) is 4.79 Å². The average Bonchev–Trinajstić information content (AvgIpc) is 2.04. The van der Waals surface area contributed by atoms with Gasteiger partial charge in [0.15, 0.2) is 0 Å². The zero-order chi connectivity index (χ0) is 9.90. The van der Waals surface area contributed by atoms with Gasteiger partial charge in [0.1, 0.15) is 0 Å². The molecule has 0 spiro atoms. The van der Waals surface area contributed by atoms with Gasteiger partial charge in [-0.15, -0.1) is 0 Å². The monoisotopic (exact) mass is 195 g/mol. The van der Waals surface area contributed by atoms with E-state index < -0.39 is 18.1 Å². The van der Waals surface area contributed by atoms with Gasteiger partial charge in [-0.2, -0.15) is 13.2 Å². The summed E-state index contributed by atoms with van der Waals surface area (Å²) in [5.41, 5.74) is 0. The topological polar surface area (TPSA) is 29.1 Å². The molecular weight excluding hydrogens is 183 g/mol. The first-order chi connectivity index (χ1) is 6.05. The molecule has 76 valence electrons. The third-order valence-electron chi connectivity index (χ3n) is 2.47. The number of amides is 1. The summed E-state index contributed by atoms with van der Waals surface area (Å²) in [6.07, 6.45) is -1.90. The van der Waals surface area contributed by atoms with Gasteiger partial charge in [0, 0.05) is 6.04 Å². The van der Waals surface area contributed by atoms with Crippen molar-refractivity contribution in [2.45, 2.75) is 37.9 Å². The highest BCUT2D eigenvalue weighted by Crippen LogP contribution is 2.37. The minimum absolute atomic E-state index is 0.134. The fourth-order valence-corrected chi connectivity index (χ4v) is 1.81. The number of rotatable bonds is 2. The SMILES string of the molecule is O=CNC1CCCCC1C(F)(F)F. The van der Waals surface area contributed by atoms with Crippen molar-refractivity contribution in [1.29, 1.82) is 0 Å². The van der Waals surface area contributed by atoms with E-state index in [1.807, 2.05) is 0 Å². The Balaban J connectivity index is 2.61. The first-order valence-electron chi connectivity index (χ1n) is 4.32. The lowest BCUT2D eigenvalue weighted by atomic mass is 9.84. The van der Waals surface area contributed by atoms with E-state index in [1.54, 1.807) is 0 Å². The number of carbonyl (C=O) groups is 1. The number of halogens is 3. The van der Waals surface area contributed by atoms with E-state index in [0.717, 1.165) is 6.42 Å². The fourth-order valence-electron chi connectivity index (χ4n) is 1.81. The van der Waals surface area contributed by atoms with Crippen LogP contribution in [0.5, 0.6) is 0 Å². The minimum Gasteiger partial charge on any atom is -0.355 e. The smallest absolute Gasteiger partial charge is 0.355 e. The lowest BCUT2D eigenvalue weighted by Crippen LogP contribution is -2.44. The van der Waals surface area contributed by atoms with Gasteiger partial charge in [-0.05, 0) is 12.8 Å². The molecule has 0 aromatic rings. The molecule has 2 unspecified atom stereocenters. The van der Waals surface area contributed by atoms with Crippen molar-refractivity contribution in [1.82, 2.24) is 5.32 Å². The van der Waals surface area contributed by atoms with E-state index in [-0.39, 0.29) is 6.42 Å². The zero-order valence-electron chi connectivity index (χ0n) is 7.10. The molecule has 0 aliphatic heterocycles. The quantitative estimate of drug-likeness (QED) is 0.669. The first-order valence-corrected chi connectivity index (χ1v) is 4.32. The van der Waals surface area contributed by atoms with Crippen LogP contribution in [0.15, 0.2) is 0 Å². The summed E-state index contributed by atoms with van der Waals surface area (Å²) >= 11 is 0. The molecule has 2 nitrogen and oxygen atoms in total. The molecule has 0 radical (unpaired) electrons. The minimum atomic E-state index is -4.18. The molecule has 0 saturated heterocycles. The van der Waals surface area contributed by atoms with Gasteiger partial charge in [0.05, 0.1) is 5.92 Å². The molecule has 5 heteroatoms. The summed E-state index contributed by atoms with van der Waals surface area (Å²) in [6, 6.07) is -0.716. The van der Waals surface area contributed by atoms with Gasteiger partial charge < -0.3 is 5.32 Å². The standard InChI is InChI=1S/C8H12F3NO/c9-8(10,11)6-3-1-2-4-7(6)12-5-13/h5-7H,1-4H2,(H,12,13). The highest BCUT2D eigenvalue weighted by Gasteiger charge is 2.45. The second-order valence-corrected chi connectivity index (χ2v) is 3.32. The second-order valence-electron chi connectivity index (χ2n) is 3.32. The highest BCUT2D eigenvalue weighted by molar-refractivity contribution is 5.46. The van der Waals surface area contributed by atoms with Gasteiger partial charge in [-0.1, -0.05) is 12.8 Å². The number of nitrogens with one attached hydrogen (secondary N) is 1. The van der Waals surface area contributed by atoms with E-state index in [1.165, 1.54) is 0 Å². The highest BCUT2D eigenvalue weighted by atomic mass is 19.4. The number of hydrogen-bond acceptors (Lipinski definition) is 1.